The average Bonchev–Trinajstić information content (AvgIpc) is 2.16. The van der Waals surface area contributed by atoms with E-state index in [1.807, 2.05) is 0 Å². The molecule has 88 valence electrons. The molecule has 0 aliphatic heterocycles. The van der Waals surface area contributed by atoms with Crippen molar-refractivity contribution in [1.82, 2.24) is 4.98 Å². The van der Waals surface area contributed by atoms with Crippen molar-refractivity contribution in [3.8, 4) is 5.75 Å². The summed E-state index contributed by atoms with van der Waals surface area (Å²) >= 11 is 0. The molecule has 1 rings (SSSR count). The summed E-state index contributed by atoms with van der Waals surface area (Å²) in [6.45, 7) is 0.790. The highest BCUT2D eigenvalue weighted by Crippen LogP contribution is 2.26. The van der Waals surface area contributed by atoms with E-state index in [2.05, 4.69) is 9.72 Å². The SMILES string of the molecule is CC(Oc1cccnc1C(=O)O)C(F)(F)F. The van der Waals surface area contributed by atoms with Crippen LogP contribution in [0.3, 0.4) is 0 Å². The van der Waals surface area contributed by atoms with Crippen LogP contribution in [-0.4, -0.2) is 28.3 Å². The van der Waals surface area contributed by atoms with E-state index < -0.39 is 29.7 Å². The summed E-state index contributed by atoms with van der Waals surface area (Å²) in [6, 6.07) is 2.42. The van der Waals surface area contributed by atoms with Crippen molar-refractivity contribution in [2.75, 3.05) is 0 Å². The summed E-state index contributed by atoms with van der Waals surface area (Å²) in [6.07, 6.45) is -5.48. The zero-order valence-electron chi connectivity index (χ0n) is 8.15. The molecule has 0 amide bonds. The lowest BCUT2D eigenvalue weighted by atomic mass is 10.3. The van der Waals surface area contributed by atoms with Crippen LogP contribution in [0.4, 0.5) is 13.2 Å². The summed E-state index contributed by atoms with van der Waals surface area (Å²) in [5.74, 6) is -1.84. The molecule has 1 heterocycles. The molecular weight excluding hydrogens is 227 g/mol. The van der Waals surface area contributed by atoms with Crippen LogP contribution in [0, 0.1) is 0 Å². The monoisotopic (exact) mass is 235 g/mol. The third-order valence-corrected chi connectivity index (χ3v) is 1.74. The van der Waals surface area contributed by atoms with Gasteiger partial charge in [0.2, 0.25) is 0 Å². The molecule has 1 aromatic rings. The molecule has 0 aromatic carbocycles. The lowest BCUT2D eigenvalue weighted by molar-refractivity contribution is -0.189. The van der Waals surface area contributed by atoms with Gasteiger partial charge in [-0.3, -0.25) is 0 Å². The number of aromatic carboxylic acids is 1. The van der Waals surface area contributed by atoms with Gasteiger partial charge in [-0.1, -0.05) is 0 Å². The van der Waals surface area contributed by atoms with Crippen LogP contribution in [0.5, 0.6) is 5.75 Å². The number of hydrogen-bond donors (Lipinski definition) is 1. The molecule has 1 atom stereocenters. The van der Waals surface area contributed by atoms with Crippen molar-refractivity contribution in [2.45, 2.75) is 19.2 Å². The molecule has 0 saturated heterocycles. The summed E-state index contributed by atoms with van der Waals surface area (Å²) in [7, 11) is 0. The van der Waals surface area contributed by atoms with Gasteiger partial charge in [-0.05, 0) is 19.1 Å². The zero-order chi connectivity index (χ0) is 12.3. The molecule has 4 nitrogen and oxygen atoms in total. The quantitative estimate of drug-likeness (QED) is 0.871. The molecule has 1 aromatic heterocycles. The zero-order valence-corrected chi connectivity index (χ0v) is 8.15. The number of carboxylic acid groups (broad SMARTS) is 1. The Morgan fingerprint density at radius 2 is 2.19 bits per heavy atom. The Balaban J connectivity index is 2.93. The Hall–Kier alpha value is -1.79. The Morgan fingerprint density at radius 3 is 2.69 bits per heavy atom. The van der Waals surface area contributed by atoms with Gasteiger partial charge in [0, 0.05) is 6.20 Å². The fraction of sp³-hybridized carbons (Fsp3) is 0.333. The normalized spacial score (nSPS) is 13.2. The van der Waals surface area contributed by atoms with Crippen LogP contribution in [0.2, 0.25) is 0 Å². The summed E-state index contributed by atoms with van der Waals surface area (Å²) in [5, 5.41) is 8.66. The second-order valence-electron chi connectivity index (χ2n) is 2.96. The number of ether oxygens (including phenoxy) is 1. The largest absolute Gasteiger partial charge is 0.479 e. The van der Waals surface area contributed by atoms with E-state index in [9.17, 15) is 18.0 Å². The van der Waals surface area contributed by atoms with Gasteiger partial charge in [0.25, 0.3) is 0 Å². The minimum atomic E-state index is -4.55. The third-order valence-electron chi connectivity index (χ3n) is 1.74. The summed E-state index contributed by atoms with van der Waals surface area (Å²) in [5.41, 5.74) is -0.543. The minimum Gasteiger partial charge on any atom is -0.479 e. The standard InChI is InChI=1S/C9H8F3NO3/c1-5(9(10,11)12)16-6-3-2-4-13-7(6)8(14)15/h2-5H,1H3,(H,14,15). The van der Waals surface area contributed by atoms with Gasteiger partial charge in [-0.25, -0.2) is 9.78 Å². The maximum atomic E-state index is 12.2. The van der Waals surface area contributed by atoms with E-state index in [1.54, 1.807) is 0 Å². The predicted octanol–water partition coefficient (Wildman–Crippen LogP) is 2.11. The van der Waals surface area contributed by atoms with E-state index in [-0.39, 0.29) is 0 Å². The molecular formula is C9H8F3NO3. The van der Waals surface area contributed by atoms with E-state index >= 15 is 0 Å². The number of pyridine rings is 1. The molecule has 0 fully saturated rings. The number of alkyl halides is 3. The van der Waals surface area contributed by atoms with Gasteiger partial charge in [-0.2, -0.15) is 13.2 Å². The highest BCUT2D eigenvalue weighted by atomic mass is 19.4. The predicted molar refractivity (Wildman–Crippen MR) is 47.3 cm³/mol. The van der Waals surface area contributed by atoms with Crippen molar-refractivity contribution in [2.24, 2.45) is 0 Å². The van der Waals surface area contributed by atoms with Crippen molar-refractivity contribution >= 4 is 5.97 Å². The molecule has 0 bridgehead atoms. The maximum absolute atomic E-state index is 12.2. The lowest BCUT2D eigenvalue weighted by Crippen LogP contribution is -2.31. The fourth-order valence-electron chi connectivity index (χ4n) is 0.904. The van der Waals surface area contributed by atoms with Crippen molar-refractivity contribution in [3.63, 3.8) is 0 Å². The van der Waals surface area contributed by atoms with Crippen LogP contribution in [-0.2, 0) is 0 Å². The lowest BCUT2D eigenvalue weighted by Gasteiger charge is -2.18. The summed E-state index contributed by atoms with van der Waals surface area (Å²) < 4.78 is 41.0. The van der Waals surface area contributed by atoms with Crippen LogP contribution in [0.25, 0.3) is 0 Å². The molecule has 0 radical (unpaired) electrons. The smallest absolute Gasteiger partial charge is 0.425 e. The Bertz CT molecular complexity index is 392. The molecule has 16 heavy (non-hydrogen) atoms. The number of hydrogen-bond acceptors (Lipinski definition) is 3. The van der Waals surface area contributed by atoms with E-state index in [1.165, 1.54) is 6.07 Å². The number of rotatable bonds is 3. The minimum absolute atomic E-state index is 0.403. The second-order valence-corrected chi connectivity index (χ2v) is 2.96. The topological polar surface area (TPSA) is 59.4 Å². The molecule has 1 unspecified atom stereocenters. The second kappa shape index (κ2) is 4.38. The number of carboxylic acids is 1. The van der Waals surface area contributed by atoms with Gasteiger partial charge < -0.3 is 9.84 Å². The van der Waals surface area contributed by atoms with Crippen molar-refractivity contribution in [1.29, 1.82) is 0 Å². The molecule has 0 aliphatic rings. The first kappa shape index (κ1) is 12.3. The maximum Gasteiger partial charge on any atom is 0.425 e. The molecule has 0 spiro atoms. The van der Waals surface area contributed by atoms with Gasteiger partial charge in [0.05, 0.1) is 0 Å². The average molecular weight is 235 g/mol. The van der Waals surface area contributed by atoms with E-state index in [0.717, 1.165) is 19.2 Å². The van der Waals surface area contributed by atoms with Gasteiger partial charge in [0.15, 0.2) is 17.5 Å². The number of carbonyl (C=O) groups is 1. The Kier molecular flexibility index (Phi) is 3.36. The van der Waals surface area contributed by atoms with Crippen LogP contribution >= 0.6 is 0 Å². The van der Waals surface area contributed by atoms with Crippen LogP contribution < -0.4 is 4.74 Å². The number of aromatic nitrogens is 1. The van der Waals surface area contributed by atoms with E-state index in [0.29, 0.717) is 0 Å². The van der Waals surface area contributed by atoms with Gasteiger partial charge in [-0.15, -0.1) is 0 Å². The summed E-state index contributed by atoms with van der Waals surface area (Å²) in [4.78, 5) is 14.1. The molecule has 0 saturated carbocycles. The van der Waals surface area contributed by atoms with Crippen molar-refractivity contribution in [3.05, 3.63) is 24.0 Å². The Morgan fingerprint density at radius 1 is 1.56 bits per heavy atom. The van der Waals surface area contributed by atoms with Crippen LogP contribution in [0.1, 0.15) is 17.4 Å². The third kappa shape index (κ3) is 2.85. The highest BCUT2D eigenvalue weighted by Gasteiger charge is 2.38. The molecule has 7 heteroatoms. The first-order chi connectivity index (χ1) is 7.32. The van der Waals surface area contributed by atoms with E-state index in [4.69, 9.17) is 5.11 Å². The first-order valence-electron chi connectivity index (χ1n) is 4.24. The molecule has 1 N–H and O–H groups in total. The van der Waals surface area contributed by atoms with Gasteiger partial charge in [0.1, 0.15) is 0 Å². The highest BCUT2D eigenvalue weighted by molar-refractivity contribution is 5.88. The first-order valence-corrected chi connectivity index (χ1v) is 4.24. The van der Waals surface area contributed by atoms with Crippen LogP contribution in [0.15, 0.2) is 18.3 Å². The number of halogens is 3. The Labute approximate surface area is 88.7 Å². The number of nitrogens with zero attached hydrogens (tertiary/aromatic N) is 1. The molecule has 0 aliphatic carbocycles. The van der Waals surface area contributed by atoms with Gasteiger partial charge >= 0.3 is 12.1 Å². The van der Waals surface area contributed by atoms with Crippen molar-refractivity contribution < 1.29 is 27.8 Å². The fourth-order valence-corrected chi connectivity index (χ4v) is 0.904.